The lowest BCUT2D eigenvalue weighted by atomic mass is 9.71. The van der Waals surface area contributed by atoms with Crippen molar-refractivity contribution in [3.8, 4) is 0 Å². The third-order valence-corrected chi connectivity index (χ3v) is 8.00. The Morgan fingerprint density at radius 3 is 2.63 bits per heavy atom. The van der Waals surface area contributed by atoms with E-state index in [2.05, 4.69) is 6.58 Å². The number of carboxylic acid groups (broad SMARTS) is 1. The van der Waals surface area contributed by atoms with Crippen LogP contribution in [-0.4, -0.2) is 79.1 Å². The summed E-state index contributed by atoms with van der Waals surface area (Å²) in [5.41, 5.74) is -0.471. The van der Waals surface area contributed by atoms with E-state index in [0.717, 1.165) is 0 Å². The van der Waals surface area contributed by atoms with Crippen LogP contribution < -0.4 is 0 Å². The summed E-state index contributed by atoms with van der Waals surface area (Å²) in [6.07, 6.45) is 3.00. The molecule has 0 radical (unpaired) electrons. The molecule has 3 rings (SSSR count). The molecule has 0 aliphatic carbocycles. The second-order valence-electron chi connectivity index (χ2n) is 8.56. The second-order valence-corrected chi connectivity index (χ2v) is 10.2. The zero-order valence-corrected chi connectivity index (χ0v) is 16.9. The molecular weight excluding hydrogens is 368 g/mol. The SMILES string of the molecule is C=CCN(C(=O)C1N(CCO)C(=O)[C@@H]2[C@H](C(=O)O)[C@@H]3CCC12S3)C(C)(C)C. The molecule has 8 heteroatoms. The number of β-amino-alcohol motifs (C(OH)–C–C–N with tert-alkyl or cyclic N) is 1. The van der Waals surface area contributed by atoms with Gasteiger partial charge in [-0.3, -0.25) is 14.4 Å². The maximum absolute atomic E-state index is 13.7. The molecule has 27 heavy (non-hydrogen) atoms. The van der Waals surface area contributed by atoms with Gasteiger partial charge in [0.1, 0.15) is 6.04 Å². The molecule has 0 saturated carbocycles. The lowest BCUT2D eigenvalue weighted by Crippen LogP contribution is -2.59. The van der Waals surface area contributed by atoms with Gasteiger partial charge in [0, 0.05) is 23.9 Å². The topological polar surface area (TPSA) is 98.2 Å². The highest BCUT2D eigenvalue weighted by molar-refractivity contribution is 8.02. The molecule has 3 saturated heterocycles. The summed E-state index contributed by atoms with van der Waals surface area (Å²) in [5, 5.41) is 19.1. The number of thioether (sulfide) groups is 1. The first-order chi connectivity index (χ1) is 12.6. The number of carbonyl (C=O) groups is 3. The minimum atomic E-state index is -0.969. The van der Waals surface area contributed by atoms with Crippen LogP contribution in [0.3, 0.4) is 0 Å². The average Bonchev–Trinajstić information content (AvgIpc) is 3.19. The van der Waals surface area contributed by atoms with Crippen LogP contribution in [0.5, 0.6) is 0 Å². The maximum Gasteiger partial charge on any atom is 0.308 e. The van der Waals surface area contributed by atoms with E-state index in [1.807, 2.05) is 20.8 Å². The van der Waals surface area contributed by atoms with Crippen LogP contribution in [0, 0.1) is 11.8 Å². The van der Waals surface area contributed by atoms with Crippen LogP contribution in [0.25, 0.3) is 0 Å². The van der Waals surface area contributed by atoms with Gasteiger partial charge in [0.05, 0.1) is 23.2 Å². The summed E-state index contributed by atoms with van der Waals surface area (Å²) < 4.78 is -0.721. The van der Waals surface area contributed by atoms with Crippen LogP contribution in [0.15, 0.2) is 12.7 Å². The first kappa shape index (κ1) is 20.2. The summed E-state index contributed by atoms with van der Waals surface area (Å²) in [5.74, 6) is -2.94. The number of carbonyl (C=O) groups excluding carboxylic acids is 2. The molecule has 2 amide bonds. The Hall–Kier alpha value is -1.54. The third kappa shape index (κ3) is 2.88. The van der Waals surface area contributed by atoms with Crippen LogP contribution >= 0.6 is 11.8 Å². The van der Waals surface area contributed by atoms with Crippen molar-refractivity contribution in [1.29, 1.82) is 0 Å². The lowest BCUT2D eigenvalue weighted by molar-refractivity contribution is -0.149. The summed E-state index contributed by atoms with van der Waals surface area (Å²) in [4.78, 5) is 41.8. The predicted octanol–water partition coefficient (Wildman–Crippen LogP) is 0.968. The number of aliphatic hydroxyl groups is 1. The van der Waals surface area contributed by atoms with Crippen LogP contribution in [-0.2, 0) is 14.4 Å². The second kappa shape index (κ2) is 6.81. The van der Waals surface area contributed by atoms with Gasteiger partial charge in [-0.15, -0.1) is 18.3 Å². The smallest absolute Gasteiger partial charge is 0.308 e. The summed E-state index contributed by atoms with van der Waals surface area (Å²) in [7, 11) is 0. The van der Waals surface area contributed by atoms with Crippen molar-refractivity contribution in [1.82, 2.24) is 9.80 Å². The van der Waals surface area contributed by atoms with Gasteiger partial charge >= 0.3 is 5.97 Å². The van der Waals surface area contributed by atoms with Crippen molar-refractivity contribution in [2.75, 3.05) is 19.7 Å². The van der Waals surface area contributed by atoms with Crippen molar-refractivity contribution in [3.63, 3.8) is 0 Å². The fourth-order valence-corrected chi connectivity index (χ4v) is 7.24. The van der Waals surface area contributed by atoms with Crippen molar-refractivity contribution in [3.05, 3.63) is 12.7 Å². The van der Waals surface area contributed by atoms with Crippen molar-refractivity contribution in [2.45, 2.75) is 55.2 Å². The first-order valence-electron chi connectivity index (χ1n) is 9.34. The number of nitrogens with zero attached hydrogens (tertiary/aromatic N) is 2. The highest BCUT2D eigenvalue weighted by Gasteiger charge is 2.74. The van der Waals surface area contributed by atoms with Crippen LogP contribution in [0.4, 0.5) is 0 Å². The molecule has 2 unspecified atom stereocenters. The van der Waals surface area contributed by atoms with E-state index in [4.69, 9.17) is 0 Å². The molecule has 3 heterocycles. The predicted molar refractivity (Wildman–Crippen MR) is 102 cm³/mol. The standard InChI is InChI=1S/C19H28N2O5S/c1-5-8-21(18(2,3)4)16(24)14-19-7-6-11(27-19)12(17(25)26)13(19)15(23)20(14)9-10-22/h5,11-14,22H,1,6-10H2,2-4H3,(H,25,26)/t11-,12+,13-,14?,19?/m0/s1. The van der Waals surface area contributed by atoms with E-state index >= 15 is 0 Å². The lowest BCUT2D eigenvalue weighted by Gasteiger charge is -2.42. The van der Waals surface area contributed by atoms with E-state index in [1.54, 1.807) is 11.0 Å². The fraction of sp³-hybridized carbons (Fsp3) is 0.737. The Bertz CT molecular complexity index is 676. The van der Waals surface area contributed by atoms with Gasteiger partial charge in [-0.05, 0) is 33.6 Å². The third-order valence-electron chi connectivity index (χ3n) is 6.05. The Balaban J connectivity index is 2.06. The minimum absolute atomic E-state index is 0.0388. The first-order valence-corrected chi connectivity index (χ1v) is 10.2. The Labute approximate surface area is 163 Å². The molecule has 3 aliphatic rings. The van der Waals surface area contributed by atoms with E-state index in [1.165, 1.54) is 16.7 Å². The van der Waals surface area contributed by atoms with Gasteiger partial charge in [0.25, 0.3) is 0 Å². The normalized spacial score (nSPS) is 34.7. The monoisotopic (exact) mass is 396 g/mol. The van der Waals surface area contributed by atoms with Crippen molar-refractivity contribution >= 4 is 29.5 Å². The van der Waals surface area contributed by atoms with Crippen molar-refractivity contribution in [2.24, 2.45) is 11.8 Å². The van der Waals surface area contributed by atoms with Crippen LogP contribution in [0.2, 0.25) is 0 Å². The number of rotatable bonds is 6. The number of amides is 2. The molecule has 0 aromatic heterocycles. The number of carboxylic acids is 1. The molecule has 1 spiro atoms. The molecule has 3 fully saturated rings. The Morgan fingerprint density at radius 2 is 2.11 bits per heavy atom. The highest BCUT2D eigenvalue weighted by atomic mass is 32.2. The Morgan fingerprint density at radius 1 is 1.44 bits per heavy atom. The largest absolute Gasteiger partial charge is 0.481 e. The average molecular weight is 397 g/mol. The highest BCUT2D eigenvalue weighted by Crippen LogP contribution is 2.66. The number of hydrogen-bond acceptors (Lipinski definition) is 5. The molecule has 5 atom stereocenters. The van der Waals surface area contributed by atoms with Gasteiger partial charge in [0.15, 0.2) is 0 Å². The van der Waals surface area contributed by atoms with Gasteiger partial charge in [-0.2, -0.15) is 0 Å². The number of aliphatic hydroxyl groups excluding tert-OH is 1. The number of likely N-dealkylation sites (tertiary alicyclic amines) is 1. The quantitative estimate of drug-likeness (QED) is 0.649. The molecule has 7 nitrogen and oxygen atoms in total. The van der Waals surface area contributed by atoms with E-state index in [-0.39, 0.29) is 30.2 Å². The van der Waals surface area contributed by atoms with Gasteiger partial charge < -0.3 is 20.0 Å². The summed E-state index contributed by atoms with van der Waals surface area (Å²) in [6.45, 7) is 9.64. The Kier molecular flexibility index (Phi) is 5.10. The van der Waals surface area contributed by atoms with E-state index in [0.29, 0.717) is 19.4 Å². The molecule has 150 valence electrons. The van der Waals surface area contributed by atoms with E-state index in [9.17, 15) is 24.6 Å². The zero-order valence-electron chi connectivity index (χ0n) is 16.1. The van der Waals surface area contributed by atoms with Gasteiger partial charge in [0.2, 0.25) is 11.8 Å². The molecule has 0 aromatic rings. The van der Waals surface area contributed by atoms with Gasteiger partial charge in [-0.25, -0.2) is 0 Å². The molecule has 3 aliphatic heterocycles. The summed E-state index contributed by atoms with van der Waals surface area (Å²) >= 11 is 1.50. The molecular formula is C19H28N2O5S. The molecule has 0 aromatic carbocycles. The summed E-state index contributed by atoms with van der Waals surface area (Å²) in [6, 6.07) is -0.749. The van der Waals surface area contributed by atoms with Crippen LogP contribution in [0.1, 0.15) is 33.6 Å². The zero-order chi connectivity index (χ0) is 20.1. The molecule has 2 bridgehead atoms. The molecule has 2 N–H and O–H groups in total. The van der Waals surface area contributed by atoms with Crippen molar-refractivity contribution < 1.29 is 24.6 Å². The number of hydrogen-bond donors (Lipinski definition) is 2. The fourth-order valence-electron chi connectivity index (χ4n) is 5.03. The maximum atomic E-state index is 13.7. The number of fused-ring (bicyclic) bond motifs is 1. The minimum Gasteiger partial charge on any atom is -0.481 e. The number of aliphatic carboxylic acids is 1. The van der Waals surface area contributed by atoms with E-state index < -0.39 is 34.1 Å². The van der Waals surface area contributed by atoms with Gasteiger partial charge in [-0.1, -0.05) is 6.08 Å².